The molecule has 1 aromatic rings. The Labute approximate surface area is 106 Å². The second kappa shape index (κ2) is 5.66. The highest BCUT2D eigenvalue weighted by atomic mass is 32.1. The zero-order valence-electron chi connectivity index (χ0n) is 10.1. The van der Waals surface area contributed by atoms with Gasteiger partial charge in [0.1, 0.15) is 12.6 Å². The van der Waals surface area contributed by atoms with E-state index in [0.29, 0.717) is 10.6 Å². The van der Waals surface area contributed by atoms with Gasteiger partial charge in [0.25, 0.3) is 5.91 Å². The molecule has 8 heteroatoms. The normalized spacial score (nSPS) is 13.4. The number of amides is 1. The number of ether oxygens (including phenoxy) is 1. The third-order valence-corrected chi connectivity index (χ3v) is 3.12. The monoisotopic (exact) mass is 282 g/mol. The highest BCUT2D eigenvalue weighted by Gasteiger charge is 2.36. The van der Waals surface area contributed by atoms with Gasteiger partial charge in [-0.2, -0.15) is 13.2 Å². The van der Waals surface area contributed by atoms with Gasteiger partial charge in [-0.05, 0) is 13.8 Å². The van der Waals surface area contributed by atoms with Crippen LogP contribution in [0.4, 0.5) is 18.3 Å². The molecule has 1 atom stereocenters. The van der Waals surface area contributed by atoms with E-state index < -0.39 is 24.7 Å². The predicted molar refractivity (Wildman–Crippen MR) is 61.7 cm³/mol. The third kappa shape index (κ3) is 3.95. The van der Waals surface area contributed by atoms with Crippen molar-refractivity contribution in [3.05, 3.63) is 11.1 Å². The van der Waals surface area contributed by atoms with Crippen LogP contribution in [0.25, 0.3) is 0 Å². The number of rotatable bonds is 4. The summed E-state index contributed by atoms with van der Waals surface area (Å²) in [7, 11) is 1.27. The molecule has 102 valence electrons. The zero-order valence-corrected chi connectivity index (χ0v) is 10.9. The number of aromatic nitrogens is 1. The van der Waals surface area contributed by atoms with Crippen LogP contribution >= 0.6 is 11.3 Å². The van der Waals surface area contributed by atoms with Crippen LogP contribution in [0.5, 0.6) is 0 Å². The Morgan fingerprint density at radius 1 is 1.61 bits per heavy atom. The summed E-state index contributed by atoms with van der Waals surface area (Å²) in [5.74, 6) is -0.760. The molecule has 4 nitrogen and oxygen atoms in total. The molecular formula is C10H13F3N2O2S. The minimum absolute atomic E-state index is 0.0266. The minimum atomic E-state index is -4.48. The molecular weight excluding hydrogens is 269 g/mol. The molecule has 0 fully saturated rings. The molecule has 0 radical (unpaired) electrons. The number of aryl methyl sites for hydroxylation is 1. The Balaban J connectivity index is 2.99. The van der Waals surface area contributed by atoms with Crippen LogP contribution in [-0.2, 0) is 9.53 Å². The lowest BCUT2D eigenvalue weighted by Crippen LogP contribution is -2.44. The molecule has 0 bridgehead atoms. The third-order valence-electron chi connectivity index (χ3n) is 2.14. The summed E-state index contributed by atoms with van der Waals surface area (Å²) in [6.45, 7) is 1.68. The van der Waals surface area contributed by atoms with E-state index >= 15 is 0 Å². The maximum atomic E-state index is 12.5. The lowest BCUT2D eigenvalue weighted by atomic mass is 10.3. The Morgan fingerprint density at radius 3 is 2.61 bits per heavy atom. The molecule has 1 heterocycles. The molecule has 0 aliphatic heterocycles. The molecule has 0 spiro atoms. The van der Waals surface area contributed by atoms with E-state index in [1.807, 2.05) is 0 Å². The molecule has 1 unspecified atom stereocenters. The summed E-state index contributed by atoms with van der Waals surface area (Å²) < 4.78 is 42.2. The van der Waals surface area contributed by atoms with Crippen LogP contribution in [0.2, 0.25) is 0 Å². The summed E-state index contributed by atoms with van der Waals surface area (Å²) in [5, 5.41) is 1.61. The number of anilines is 1. The van der Waals surface area contributed by atoms with E-state index in [0.717, 1.165) is 11.3 Å². The van der Waals surface area contributed by atoms with Gasteiger partial charge < -0.3 is 4.74 Å². The van der Waals surface area contributed by atoms with Crippen molar-refractivity contribution in [2.75, 3.05) is 18.6 Å². The number of alkyl halides is 3. The molecule has 0 aliphatic rings. The van der Waals surface area contributed by atoms with Gasteiger partial charge >= 0.3 is 6.18 Å². The van der Waals surface area contributed by atoms with Crippen LogP contribution in [0.3, 0.4) is 0 Å². The van der Waals surface area contributed by atoms with Crippen LogP contribution in [0.15, 0.2) is 5.38 Å². The maximum Gasteiger partial charge on any atom is 0.406 e. The number of hydrogen-bond donors (Lipinski definition) is 0. The molecule has 0 aliphatic carbocycles. The van der Waals surface area contributed by atoms with Crippen LogP contribution in [-0.4, -0.2) is 36.8 Å². The predicted octanol–water partition coefficient (Wildman–Crippen LogP) is 2.38. The average molecular weight is 282 g/mol. The first-order valence-corrected chi connectivity index (χ1v) is 5.95. The van der Waals surface area contributed by atoms with Gasteiger partial charge in [0.15, 0.2) is 5.13 Å². The van der Waals surface area contributed by atoms with Crippen molar-refractivity contribution in [1.29, 1.82) is 0 Å². The first-order valence-electron chi connectivity index (χ1n) is 5.07. The van der Waals surface area contributed by atoms with Gasteiger partial charge in [0.2, 0.25) is 0 Å². The number of carbonyl (C=O) groups excluding carboxylic acids is 1. The fourth-order valence-corrected chi connectivity index (χ4v) is 2.01. The highest BCUT2D eigenvalue weighted by molar-refractivity contribution is 7.14. The molecule has 1 rings (SSSR count). The summed E-state index contributed by atoms with van der Waals surface area (Å²) >= 11 is 0.993. The van der Waals surface area contributed by atoms with E-state index in [4.69, 9.17) is 4.74 Å². The van der Waals surface area contributed by atoms with Gasteiger partial charge in [0.05, 0.1) is 5.69 Å². The fraction of sp³-hybridized carbons (Fsp3) is 0.600. The summed E-state index contributed by atoms with van der Waals surface area (Å²) in [4.78, 5) is 16.3. The maximum absolute atomic E-state index is 12.5. The summed E-state index contributed by atoms with van der Waals surface area (Å²) in [5.41, 5.74) is 0.569. The largest absolute Gasteiger partial charge is 0.406 e. The van der Waals surface area contributed by atoms with Crippen molar-refractivity contribution in [2.45, 2.75) is 26.1 Å². The van der Waals surface area contributed by atoms with E-state index in [-0.39, 0.29) is 5.13 Å². The topological polar surface area (TPSA) is 42.4 Å². The minimum Gasteiger partial charge on any atom is -0.372 e. The summed E-state index contributed by atoms with van der Waals surface area (Å²) in [6.07, 6.45) is -5.43. The molecule has 18 heavy (non-hydrogen) atoms. The second-order valence-electron chi connectivity index (χ2n) is 3.69. The van der Waals surface area contributed by atoms with Crippen molar-refractivity contribution in [2.24, 2.45) is 0 Å². The van der Waals surface area contributed by atoms with Crippen LogP contribution in [0, 0.1) is 6.92 Å². The van der Waals surface area contributed by atoms with E-state index in [1.54, 1.807) is 12.3 Å². The second-order valence-corrected chi connectivity index (χ2v) is 4.53. The number of methoxy groups -OCH3 is 1. The fourth-order valence-electron chi connectivity index (χ4n) is 1.20. The van der Waals surface area contributed by atoms with Crippen molar-refractivity contribution in [3.63, 3.8) is 0 Å². The number of nitrogens with zero attached hydrogens (tertiary/aromatic N) is 2. The molecule has 1 amide bonds. The lowest BCUT2D eigenvalue weighted by molar-refractivity contribution is -0.138. The Kier molecular flexibility index (Phi) is 4.69. The quantitative estimate of drug-likeness (QED) is 0.851. The van der Waals surface area contributed by atoms with Gasteiger partial charge in [-0.1, -0.05) is 0 Å². The number of thiazole rings is 1. The number of carbonyl (C=O) groups is 1. The molecule has 0 saturated heterocycles. The first-order chi connectivity index (χ1) is 8.24. The van der Waals surface area contributed by atoms with Gasteiger partial charge in [0, 0.05) is 12.5 Å². The Hall–Kier alpha value is -1.15. The van der Waals surface area contributed by atoms with Crippen molar-refractivity contribution >= 4 is 22.4 Å². The number of halogens is 3. The molecule has 1 aromatic heterocycles. The molecule has 0 saturated carbocycles. The lowest BCUT2D eigenvalue weighted by Gasteiger charge is -2.23. The van der Waals surface area contributed by atoms with Crippen molar-refractivity contribution in [3.8, 4) is 0 Å². The smallest absolute Gasteiger partial charge is 0.372 e. The van der Waals surface area contributed by atoms with E-state index in [2.05, 4.69) is 4.98 Å². The number of hydrogen-bond acceptors (Lipinski definition) is 4. The Bertz CT molecular complexity index is 420. The average Bonchev–Trinajstić information content (AvgIpc) is 2.69. The van der Waals surface area contributed by atoms with Crippen LogP contribution < -0.4 is 4.90 Å². The highest BCUT2D eigenvalue weighted by Crippen LogP contribution is 2.26. The summed E-state index contributed by atoms with van der Waals surface area (Å²) in [6, 6.07) is 0. The van der Waals surface area contributed by atoms with Crippen LogP contribution in [0.1, 0.15) is 12.6 Å². The van der Waals surface area contributed by atoms with Crippen molar-refractivity contribution in [1.82, 2.24) is 4.98 Å². The van der Waals surface area contributed by atoms with Gasteiger partial charge in [-0.15, -0.1) is 11.3 Å². The molecule has 0 N–H and O–H groups in total. The zero-order chi connectivity index (χ0) is 13.9. The van der Waals surface area contributed by atoms with Gasteiger partial charge in [-0.3, -0.25) is 9.69 Å². The van der Waals surface area contributed by atoms with Gasteiger partial charge in [-0.25, -0.2) is 4.98 Å². The SMILES string of the molecule is COC(C)C(=O)N(CC(F)(F)F)c1nc(C)cs1. The van der Waals surface area contributed by atoms with E-state index in [1.165, 1.54) is 14.0 Å². The molecule has 0 aromatic carbocycles. The Morgan fingerprint density at radius 2 is 2.22 bits per heavy atom. The first kappa shape index (κ1) is 14.9. The standard InChI is InChI=1S/C10H13F3N2O2S/c1-6-4-18-9(14-6)15(5-10(11,12)13)8(16)7(2)17-3/h4,7H,5H2,1-3H3. The van der Waals surface area contributed by atoms with Crippen molar-refractivity contribution < 1.29 is 22.7 Å². The van der Waals surface area contributed by atoms with E-state index in [9.17, 15) is 18.0 Å².